The Bertz CT molecular complexity index is 853. The molecule has 3 nitrogen and oxygen atoms in total. The van der Waals surface area contributed by atoms with Gasteiger partial charge in [0.25, 0.3) is 0 Å². The lowest BCUT2D eigenvalue weighted by Crippen LogP contribution is -2.00. The number of benzene rings is 2. The monoisotopic (exact) mass is 289 g/mol. The number of nitrogens with zero attached hydrogens (tertiary/aromatic N) is 1. The minimum absolute atomic E-state index is 0.334. The molecule has 0 amide bonds. The van der Waals surface area contributed by atoms with Crippen LogP contribution in [0, 0.1) is 0 Å². The van der Waals surface area contributed by atoms with E-state index in [4.69, 9.17) is 4.74 Å². The Morgan fingerprint density at radius 2 is 1.86 bits per heavy atom. The quantitative estimate of drug-likeness (QED) is 0.679. The maximum atomic E-state index is 11.5. The highest BCUT2D eigenvalue weighted by Crippen LogP contribution is 2.14. The van der Waals surface area contributed by atoms with Gasteiger partial charge in [0.1, 0.15) is 0 Å². The average Bonchev–Trinajstić information content (AvgIpc) is 2.59. The highest BCUT2D eigenvalue weighted by molar-refractivity contribution is 5.90. The van der Waals surface area contributed by atoms with E-state index in [2.05, 4.69) is 4.98 Å². The number of pyridine rings is 1. The molecule has 0 unspecified atom stereocenters. The number of hydrogen-bond acceptors (Lipinski definition) is 3. The maximum Gasteiger partial charge on any atom is 0.337 e. The third kappa shape index (κ3) is 3.04. The molecule has 0 fully saturated rings. The van der Waals surface area contributed by atoms with Crippen molar-refractivity contribution in [2.45, 2.75) is 0 Å². The minimum atomic E-state index is -0.334. The number of methoxy groups -OCH3 is 1. The molecule has 0 saturated heterocycles. The predicted octanol–water partition coefficient (Wildman–Crippen LogP) is 4.19. The molecule has 108 valence electrons. The zero-order chi connectivity index (χ0) is 15.4. The zero-order valence-electron chi connectivity index (χ0n) is 12.2. The number of rotatable bonds is 3. The summed E-state index contributed by atoms with van der Waals surface area (Å²) in [5.41, 5.74) is 3.31. The Balaban J connectivity index is 1.87. The average molecular weight is 289 g/mol. The minimum Gasteiger partial charge on any atom is -0.465 e. The fourth-order valence-corrected chi connectivity index (χ4v) is 2.24. The van der Waals surface area contributed by atoms with E-state index in [1.54, 1.807) is 12.1 Å². The Kier molecular flexibility index (Phi) is 3.97. The number of para-hydroxylation sites is 1. The van der Waals surface area contributed by atoms with Gasteiger partial charge in [0, 0.05) is 5.39 Å². The van der Waals surface area contributed by atoms with Crippen LogP contribution in [0.15, 0.2) is 60.7 Å². The summed E-state index contributed by atoms with van der Waals surface area (Å²) in [5.74, 6) is -0.334. The van der Waals surface area contributed by atoms with Crippen molar-refractivity contribution in [2.24, 2.45) is 0 Å². The van der Waals surface area contributed by atoms with Crippen LogP contribution in [-0.2, 0) is 4.74 Å². The second kappa shape index (κ2) is 6.22. The first-order valence-electron chi connectivity index (χ1n) is 6.98. The fourth-order valence-electron chi connectivity index (χ4n) is 2.24. The molecule has 0 spiro atoms. The van der Waals surface area contributed by atoms with Crippen LogP contribution in [-0.4, -0.2) is 18.1 Å². The molecule has 3 heteroatoms. The van der Waals surface area contributed by atoms with Gasteiger partial charge in [0.15, 0.2) is 0 Å². The summed E-state index contributed by atoms with van der Waals surface area (Å²) in [7, 11) is 1.38. The molecule has 0 aliphatic heterocycles. The second-order valence-electron chi connectivity index (χ2n) is 4.88. The van der Waals surface area contributed by atoms with Gasteiger partial charge in [-0.2, -0.15) is 0 Å². The van der Waals surface area contributed by atoms with Gasteiger partial charge in [0.05, 0.1) is 23.9 Å². The van der Waals surface area contributed by atoms with Gasteiger partial charge in [-0.25, -0.2) is 9.78 Å². The lowest BCUT2D eigenvalue weighted by atomic mass is 10.1. The smallest absolute Gasteiger partial charge is 0.337 e. The summed E-state index contributed by atoms with van der Waals surface area (Å²) >= 11 is 0. The van der Waals surface area contributed by atoms with Crippen LogP contribution in [0.5, 0.6) is 0 Å². The number of carbonyl (C=O) groups is 1. The summed E-state index contributed by atoms with van der Waals surface area (Å²) in [6.07, 6.45) is 3.87. The van der Waals surface area contributed by atoms with Crippen LogP contribution < -0.4 is 0 Å². The van der Waals surface area contributed by atoms with Gasteiger partial charge < -0.3 is 4.74 Å². The highest BCUT2D eigenvalue weighted by atomic mass is 16.5. The largest absolute Gasteiger partial charge is 0.465 e. The molecular weight excluding hydrogens is 274 g/mol. The molecule has 0 atom stereocenters. The van der Waals surface area contributed by atoms with Crippen molar-refractivity contribution in [3.8, 4) is 0 Å². The van der Waals surface area contributed by atoms with Gasteiger partial charge in [-0.3, -0.25) is 0 Å². The van der Waals surface area contributed by atoms with E-state index < -0.39 is 0 Å². The SMILES string of the molecule is COC(=O)c1cccc(/C=C/c2ccc3ccccc3n2)c1. The number of hydrogen-bond donors (Lipinski definition) is 0. The van der Waals surface area contributed by atoms with Crippen molar-refractivity contribution < 1.29 is 9.53 Å². The van der Waals surface area contributed by atoms with E-state index in [-0.39, 0.29) is 5.97 Å². The summed E-state index contributed by atoms with van der Waals surface area (Å²) < 4.78 is 4.73. The van der Waals surface area contributed by atoms with Crippen molar-refractivity contribution in [3.63, 3.8) is 0 Å². The molecule has 0 aliphatic carbocycles. The first-order chi connectivity index (χ1) is 10.8. The molecular formula is C19H15NO2. The van der Waals surface area contributed by atoms with E-state index in [0.29, 0.717) is 5.56 Å². The van der Waals surface area contributed by atoms with E-state index in [0.717, 1.165) is 22.2 Å². The molecule has 0 N–H and O–H groups in total. The van der Waals surface area contributed by atoms with Gasteiger partial charge in [-0.05, 0) is 35.9 Å². The standard InChI is InChI=1S/C19H15NO2/c1-22-19(21)16-7-4-5-14(13-16)9-11-17-12-10-15-6-2-3-8-18(15)20-17/h2-13H,1H3/b11-9+. The second-order valence-corrected chi connectivity index (χ2v) is 4.88. The number of fused-ring (bicyclic) bond motifs is 1. The first kappa shape index (κ1) is 14.0. The summed E-state index contributed by atoms with van der Waals surface area (Å²) in [6, 6.07) is 19.3. The molecule has 1 heterocycles. The number of ether oxygens (including phenoxy) is 1. The molecule has 2 aromatic carbocycles. The first-order valence-corrected chi connectivity index (χ1v) is 6.98. The third-order valence-corrected chi connectivity index (χ3v) is 3.37. The van der Waals surface area contributed by atoms with Crippen LogP contribution in [0.4, 0.5) is 0 Å². The Morgan fingerprint density at radius 1 is 1.00 bits per heavy atom. The lowest BCUT2D eigenvalue weighted by Gasteiger charge is -2.01. The number of esters is 1. The molecule has 22 heavy (non-hydrogen) atoms. The summed E-state index contributed by atoms with van der Waals surface area (Å²) in [5, 5.41) is 1.12. The highest BCUT2D eigenvalue weighted by Gasteiger charge is 2.04. The van der Waals surface area contributed by atoms with Crippen molar-refractivity contribution >= 4 is 29.0 Å². The van der Waals surface area contributed by atoms with Crippen LogP contribution in [0.1, 0.15) is 21.6 Å². The van der Waals surface area contributed by atoms with Gasteiger partial charge >= 0.3 is 5.97 Å². The summed E-state index contributed by atoms with van der Waals surface area (Å²) in [6.45, 7) is 0. The maximum absolute atomic E-state index is 11.5. The van der Waals surface area contributed by atoms with Crippen molar-refractivity contribution in [1.82, 2.24) is 4.98 Å². The fraction of sp³-hybridized carbons (Fsp3) is 0.0526. The predicted molar refractivity (Wildman–Crippen MR) is 88.5 cm³/mol. The Hall–Kier alpha value is -2.94. The molecule has 3 aromatic rings. The summed E-state index contributed by atoms with van der Waals surface area (Å²) in [4.78, 5) is 16.1. The van der Waals surface area contributed by atoms with E-state index in [1.807, 2.05) is 60.7 Å². The zero-order valence-corrected chi connectivity index (χ0v) is 12.2. The third-order valence-electron chi connectivity index (χ3n) is 3.37. The topological polar surface area (TPSA) is 39.2 Å². The van der Waals surface area contributed by atoms with Gasteiger partial charge in [0.2, 0.25) is 0 Å². The molecule has 0 saturated carbocycles. The van der Waals surface area contributed by atoms with Gasteiger partial charge in [-0.15, -0.1) is 0 Å². The van der Waals surface area contributed by atoms with Crippen molar-refractivity contribution in [3.05, 3.63) is 77.5 Å². The molecule has 0 bridgehead atoms. The van der Waals surface area contributed by atoms with Crippen LogP contribution in [0.3, 0.4) is 0 Å². The molecule has 3 rings (SSSR count). The molecule has 0 aliphatic rings. The van der Waals surface area contributed by atoms with Crippen molar-refractivity contribution in [1.29, 1.82) is 0 Å². The lowest BCUT2D eigenvalue weighted by molar-refractivity contribution is 0.0600. The van der Waals surface area contributed by atoms with Crippen LogP contribution in [0.2, 0.25) is 0 Å². The van der Waals surface area contributed by atoms with Crippen LogP contribution in [0.25, 0.3) is 23.1 Å². The van der Waals surface area contributed by atoms with Crippen LogP contribution >= 0.6 is 0 Å². The normalized spacial score (nSPS) is 11.0. The number of carbonyl (C=O) groups excluding carboxylic acids is 1. The molecule has 1 aromatic heterocycles. The van der Waals surface area contributed by atoms with Gasteiger partial charge in [-0.1, -0.05) is 42.5 Å². The van der Waals surface area contributed by atoms with E-state index >= 15 is 0 Å². The molecule has 0 radical (unpaired) electrons. The number of aromatic nitrogens is 1. The Labute approximate surface area is 128 Å². The van der Waals surface area contributed by atoms with Crippen molar-refractivity contribution in [2.75, 3.05) is 7.11 Å². The van der Waals surface area contributed by atoms with E-state index in [9.17, 15) is 4.79 Å². The Morgan fingerprint density at radius 3 is 2.73 bits per heavy atom. The van der Waals surface area contributed by atoms with E-state index in [1.165, 1.54) is 7.11 Å².